The predicted octanol–water partition coefficient (Wildman–Crippen LogP) is 1.92. The number of aliphatic carboxylic acids is 1. The third-order valence-electron chi connectivity index (χ3n) is 2.41. The zero-order valence-corrected chi connectivity index (χ0v) is 6.95. The van der Waals surface area contributed by atoms with E-state index in [0.717, 1.165) is 6.42 Å². The Labute approximate surface area is 66.9 Å². The molecule has 0 saturated heterocycles. The molecule has 0 unspecified atom stereocenters. The van der Waals surface area contributed by atoms with Gasteiger partial charge in [-0.05, 0) is 18.3 Å². The summed E-state index contributed by atoms with van der Waals surface area (Å²) in [4.78, 5) is 10.7. The number of allylic oxidation sites excluding steroid dienone is 2. The molecule has 1 aliphatic carbocycles. The molecule has 11 heavy (non-hydrogen) atoms. The maximum atomic E-state index is 10.7. The third kappa shape index (κ3) is 1.62. The van der Waals surface area contributed by atoms with Crippen LogP contribution in [0.5, 0.6) is 0 Å². The topological polar surface area (TPSA) is 37.3 Å². The first-order valence-electron chi connectivity index (χ1n) is 4.02. The summed E-state index contributed by atoms with van der Waals surface area (Å²) in [6.45, 7) is 3.96. The molecule has 1 aliphatic rings. The molecule has 0 aromatic rings. The van der Waals surface area contributed by atoms with Crippen molar-refractivity contribution in [1.29, 1.82) is 0 Å². The molecule has 1 rings (SSSR count). The van der Waals surface area contributed by atoms with Crippen LogP contribution >= 0.6 is 0 Å². The Morgan fingerprint density at radius 2 is 2.18 bits per heavy atom. The highest BCUT2D eigenvalue weighted by molar-refractivity contribution is 5.71. The molecular formula is C9H14O2. The Morgan fingerprint density at radius 3 is 2.55 bits per heavy atom. The van der Waals surface area contributed by atoms with Crippen LogP contribution < -0.4 is 0 Å². The van der Waals surface area contributed by atoms with Gasteiger partial charge in [-0.15, -0.1) is 0 Å². The van der Waals surface area contributed by atoms with E-state index in [1.807, 2.05) is 19.9 Å². The van der Waals surface area contributed by atoms with Crippen molar-refractivity contribution in [3.63, 3.8) is 0 Å². The van der Waals surface area contributed by atoms with E-state index in [9.17, 15) is 4.79 Å². The van der Waals surface area contributed by atoms with E-state index in [4.69, 9.17) is 5.11 Å². The van der Waals surface area contributed by atoms with Gasteiger partial charge in [-0.3, -0.25) is 4.79 Å². The van der Waals surface area contributed by atoms with Crippen molar-refractivity contribution in [3.8, 4) is 0 Å². The van der Waals surface area contributed by atoms with Gasteiger partial charge in [-0.25, -0.2) is 0 Å². The van der Waals surface area contributed by atoms with Gasteiger partial charge >= 0.3 is 5.97 Å². The van der Waals surface area contributed by atoms with Crippen LogP contribution in [0.1, 0.15) is 20.3 Å². The molecule has 2 heteroatoms. The molecule has 0 spiro atoms. The fourth-order valence-corrected chi connectivity index (χ4v) is 1.76. The average molecular weight is 154 g/mol. The van der Waals surface area contributed by atoms with Crippen molar-refractivity contribution in [1.82, 2.24) is 0 Å². The summed E-state index contributed by atoms with van der Waals surface area (Å²) in [5.74, 6) is -0.363. The van der Waals surface area contributed by atoms with Crippen molar-refractivity contribution in [2.75, 3.05) is 0 Å². The molecule has 62 valence electrons. The molecule has 0 aromatic carbocycles. The Hall–Kier alpha value is -0.790. The largest absolute Gasteiger partial charge is 0.481 e. The van der Waals surface area contributed by atoms with Gasteiger partial charge in [0.2, 0.25) is 0 Å². The molecule has 2 nitrogen and oxygen atoms in total. The minimum atomic E-state index is -0.658. The molecule has 0 radical (unpaired) electrons. The number of carbonyl (C=O) groups is 1. The lowest BCUT2D eigenvalue weighted by Gasteiger charge is -2.26. The average Bonchev–Trinajstić information content (AvgIpc) is 1.85. The second-order valence-corrected chi connectivity index (χ2v) is 3.36. The summed E-state index contributed by atoms with van der Waals surface area (Å²) >= 11 is 0. The van der Waals surface area contributed by atoms with Gasteiger partial charge in [-0.1, -0.05) is 26.0 Å². The van der Waals surface area contributed by atoms with E-state index >= 15 is 0 Å². The summed E-state index contributed by atoms with van der Waals surface area (Å²) in [5, 5.41) is 8.85. The summed E-state index contributed by atoms with van der Waals surface area (Å²) in [5.41, 5.74) is 0. The van der Waals surface area contributed by atoms with E-state index < -0.39 is 5.97 Å². The Kier molecular flexibility index (Phi) is 2.32. The minimum Gasteiger partial charge on any atom is -0.481 e. The SMILES string of the molecule is C[C@H]1C=CC[C@H](C)[C@@H]1C(=O)O. The van der Waals surface area contributed by atoms with Crippen LogP contribution in [0.3, 0.4) is 0 Å². The molecule has 0 saturated carbocycles. The van der Waals surface area contributed by atoms with Crippen LogP contribution in [-0.2, 0) is 4.79 Å². The van der Waals surface area contributed by atoms with Crippen LogP contribution in [0.4, 0.5) is 0 Å². The fourth-order valence-electron chi connectivity index (χ4n) is 1.76. The molecule has 0 bridgehead atoms. The van der Waals surface area contributed by atoms with Gasteiger partial charge < -0.3 is 5.11 Å². The van der Waals surface area contributed by atoms with E-state index in [0.29, 0.717) is 0 Å². The van der Waals surface area contributed by atoms with Gasteiger partial charge in [-0.2, -0.15) is 0 Å². The van der Waals surface area contributed by atoms with Crippen LogP contribution in [0, 0.1) is 17.8 Å². The van der Waals surface area contributed by atoms with Crippen molar-refractivity contribution in [3.05, 3.63) is 12.2 Å². The minimum absolute atomic E-state index is 0.181. The summed E-state index contributed by atoms with van der Waals surface area (Å²) in [7, 11) is 0. The maximum Gasteiger partial charge on any atom is 0.307 e. The first kappa shape index (κ1) is 8.31. The molecule has 1 N–H and O–H groups in total. The second-order valence-electron chi connectivity index (χ2n) is 3.36. The van der Waals surface area contributed by atoms with Crippen LogP contribution in [0.15, 0.2) is 12.2 Å². The smallest absolute Gasteiger partial charge is 0.307 e. The van der Waals surface area contributed by atoms with Gasteiger partial charge in [0.15, 0.2) is 0 Å². The van der Waals surface area contributed by atoms with Crippen LogP contribution in [0.2, 0.25) is 0 Å². The fraction of sp³-hybridized carbons (Fsp3) is 0.667. The maximum absolute atomic E-state index is 10.7. The van der Waals surface area contributed by atoms with E-state index in [2.05, 4.69) is 6.08 Å². The van der Waals surface area contributed by atoms with Crippen molar-refractivity contribution < 1.29 is 9.90 Å². The first-order valence-corrected chi connectivity index (χ1v) is 4.02. The standard InChI is InChI=1S/C9H14O2/c1-6-4-3-5-7(2)8(6)9(10)11/h3-4,6-8H,5H2,1-2H3,(H,10,11)/t6-,7-,8+/m0/s1. The van der Waals surface area contributed by atoms with Gasteiger partial charge in [0.25, 0.3) is 0 Å². The lowest BCUT2D eigenvalue weighted by Crippen LogP contribution is -2.29. The lowest BCUT2D eigenvalue weighted by atomic mass is 9.78. The number of carboxylic acids is 1. The zero-order valence-electron chi connectivity index (χ0n) is 6.95. The Morgan fingerprint density at radius 1 is 1.55 bits per heavy atom. The van der Waals surface area contributed by atoms with E-state index in [-0.39, 0.29) is 17.8 Å². The van der Waals surface area contributed by atoms with Gasteiger partial charge in [0.05, 0.1) is 5.92 Å². The number of carboxylic acid groups (broad SMARTS) is 1. The highest BCUT2D eigenvalue weighted by atomic mass is 16.4. The highest BCUT2D eigenvalue weighted by Crippen LogP contribution is 2.29. The number of hydrogen-bond acceptors (Lipinski definition) is 1. The van der Waals surface area contributed by atoms with Crippen molar-refractivity contribution >= 4 is 5.97 Å². The molecule has 0 aliphatic heterocycles. The molecule has 0 fully saturated rings. The summed E-state index contributed by atoms with van der Waals surface area (Å²) in [6, 6.07) is 0. The van der Waals surface area contributed by atoms with Crippen molar-refractivity contribution in [2.45, 2.75) is 20.3 Å². The van der Waals surface area contributed by atoms with E-state index in [1.165, 1.54) is 0 Å². The summed E-state index contributed by atoms with van der Waals surface area (Å²) in [6.07, 6.45) is 4.98. The first-order chi connectivity index (χ1) is 5.13. The molecule has 0 amide bonds. The third-order valence-corrected chi connectivity index (χ3v) is 2.41. The Bertz CT molecular complexity index is 184. The second kappa shape index (κ2) is 3.07. The van der Waals surface area contributed by atoms with Gasteiger partial charge in [0, 0.05) is 0 Å². The summed E-state index contributed by atoms with van der Waals surface area (Å²) < 4.78 is 0. The quantitative estimate of drug-likeness (QED) is 0.586. The van der Waals surface area contributed by atoms with Gasteiger partial charge in [0.1, 0.15) is 0 Å². The van der Waals surface area contributed by atoms with E-state index in [1.54, 1.807) is 0 Å². The normalized spacial score (nSPS) is 37.1. The molecule has 3 atom stereocenters. The Balaban J connectivity index is 2.74. The van der Waals surface area contributed by atoms with Crippen LogP contribution in [-0.4, -0.2) is 11.1 Å². The lowest BCUT2D eigenvalue weighted by molar-refractivity contribution is -0.145. The number of rotatable bonds is 1. The zero-order chi connectivity index (χ0) is 8.43. The molecule has 0 heterocycles. The predicted molar refractivity (Wildman–Crippen MR) is 43.2 cm³/mol. The molecular weight excluding hydrogens is 140 g/mol. The van der Waals surface area contributed by atoms with Crippen molar-refractivity contribution in [2.24, 2.45) is 17.8 Å². The molecule has 0 aromatic heterocycles. The highest BCUT2D eigenvalue weighted by Gasteiger charge is 2.30. The monoisotopic (exact) mass is 154 g/mol. The number of hydrogen-bond donors (Lipinski definition) is 1. The van der Waals surface area contributed by atoms with Crippen LogP contribution in [0.25, 0.3) is 0 Å².